The number of nitrogens with one attached hydrogen (secondary N) is 3. The van der Waals surface area contributed by atoms with Crippen LogP contribution in [-0.4, -0.2) is 153 Å². The number of aromatic nitrogens is 2. The smallest absolute Gasteiger partial charge is 0.407 e. The molecule has 0 spiro atoms. The fraction of sp³-hybridized carbons (Fsp3) is 0.479. The van der Waals surface area contributed by atoms with Gasteiger partial charge in [0.25, 0.3) is 0 Å². The summed E-state index contributed by atoms with van der Waals surface area (Å²) in [7, 11) is 2.72. The van der Waals surface area contributed by atoms with Crippen molar-refractivity contribution in [3.8, 4) is 29.4 Å². The minimum Gasteiger partial charge on any atom is -0.508 e. The summed E-state index contributed by atoms with van der Waals surface area (Å²) in [4.78, 5) is 61.9. The van der Waals surface area contributed by atoms with Crippen LogP contribution in [0, 0.1) is 23.7 Å². The van der Waals surface area contributed by atoms with Gasteiger partial charge in [-0.15, -0.1) is 11.8 Å². The standard InChI is InChI=1S/C48H54N4O13S2/c1-24(2)50-33-23-62-38(22-37(33)60-5)65-43-45(58)48(66-7,44(57)42-41-28(16-18-49-42)31-20-27(54)14-15-32(31)51-41)25(3)63-46(43)64-36-13-11-9-8-10-12-30-39(36)29(17-19-67-26(4)53)34(55)21-35(56)40(30)52-47(59)61-6/h8-9,14-18,20,24-25,33-34,36-38,40,43,45-46,50-51,54-55,58H,19,21-23H2,1-7H3,(H,52,59)/b9-8-,29-17-/t25?,33?,34-,36-,37?,38?,40?,43?,45?,46?,48?/m0/s1. The Morgan fingerprint density at radius 1 is 1.12 bits per heavy atom. The first-order valence-electron chi connectivity index (χ1n) is 21.7. The van der Waals surface area contributed by atoms with Crippen LogP contribution in [0.2, 0.25) is 0 Å². The molecule has 9 unspecified atom stereocenters. The molecular weight excluding hydrogens is 905 g/mol. The molecule has 0 saturated carbocycles. The number of ketones is 2. The number of carbonyl (C=O) groups is 4. The Kier molecular flexibility index (Phi) is 16.0. The van der Waals surface area contributed by atoms with Crippen LogP contribution in [0.4, 0.5) is 4.79 Å². The Hall–Kier alpha value is -5.03. The number of fused-ring (bicyclic) bond motifs is 3. The highest BCUT2D eigenvalue weighted by Gasteiger charge is 2.61. The van der Waals surface area contributed by atoms with Gasteiger partial charge >= 0.3 is 6.09 Å². The topological polar surface area (TPSA) is 237 Å². The van der Waals surface area contributed by atoms with E-state index in [2.05, 4.69) is 44.3 Å². The summed E-state index contributed by atoms with van der Waals surface area (Å²) in [6, 6.07) is 5.01. The fourth-order valence-electron chi connectivity index (χ4n) is 8.94. The molecule has 19 heteroatoms. The molecule has 3 aromatic rings. The van der Waals surface area contributed by atoms with E-state index < -0.39 is 78.0 Å². The van der Waals surface area contributed by atoms with Gasteiger partial charge < -0.3 is 59.4 Å². The molecule has 2 fully saturated rings. The number of rotatable bonds is 13. The summed E-state index contributed by atoms with van der Waals surface area (Å²) in [5, 5.41) is 42.1. The van der Waals surface area contributed by atoms with Crippen LogP contribution in [0.1, 0.15) is 51.0 Å². The Morgan fingerprint density at radius 2 is 1.90 bits per heavy atom. The monoisotopic (exact) mass is 958 g/mol. The number of aliphatic hydroxyl groups is 2. The Labute approximate surface area is 396 Å². The van der Waals surface area contributed by atoms with Crippen molar-refractivity contribution in [1.82, 2.24) is 20.6 Å². The number of phenolic OH excluding ortho intramolecular Hbond substituents is 1. The number of Topliss-reactive ketones (excluding diaryl/α,β-unsaturated/α-hetero) is 2. The number of aromatic amines is 1. The Morgan fingerprint density at radius 3 is 2.61 bits per heavy atom. The quantitative estimate of drug-likeness (QED) is 0.105. The number of allylic oxidation sites excluding steroid dienone is 2. The third-order valence-corrected chi connectivity index (χ3v) is 14.2. The zero-order valence-electron chi connectivity index (χ0n) is 38.0. The van der Waals surface area contributed by atoms with Crippen LogP contribution >= 0.6 is 23.5 Å². The minimum absolute atomic E-state index is 0.00730. The van der Waals surface area contributed by atoms with Crippen LogP contribution < -0.4 is 10.6 Å². The van der Waals surface area contributed by atoms with Crippen molar-refractivity contribution < 1.29 is 62.9 Å². The van der Waals surface area contributed by atoms with Crippen molar-refractivity contribution in [2.75, 3.05) is 32.8 Å². The van der Waals surface area contributed by atoms with E-state index in [1.54, 1.807) is 44.6 Å². The second kappa shape index (κ2) is 21.5. The zero-order valence-corrected chi connectivity index (χ0v) is 39.6. The number of pyridine rings is 1. The molecule has 356 valence electrons. The van der Waals surface area contributed by atoms with E-state index in [1.165, 1.54) is 31.3 Å². The zero-order chi connectivity index (χ0) is 48.2. The average molecular weight is 959 g/mol. The number of aliphatic hydroxyl groups excluding tert-OH is 2. The first kappa shape index (κ1) is 49.9. The predicted octanol–water partition coefficient (Wildman–Crippen LogP) is 3.85. The van der Waals surface area contributed by atoms with E-state index in [0.717, 1.165) is 30.6 Å². The molecule has 2 aromatic heterocycles. The lowest BCUT2D eigenvalue weighted by atomic mass is 9.83. The number of methoxy groups -OCH3 is 2. The maximum absolute atomic E-state index is 15.3. The highest BCUT2D eigenvalue weighted by atomic mass is 32.2. The molecule has 4 heterocycles. The van der Waals surface area contributed by atoms with Crippen molar-refractivity contribution in [1.29, 1.82) is 0 Å². The molecular formula is C48H54N4O13S2. The molecule has 1 amide bonds. The number of benzene rings is 1. The van der Waals surface area contributed by atoms with E-state index >= 15 is 4.79 Å². The molecule has 2 saturated heterocycles. The number of phenols is 1. The number of amides is 1. The molecule has 0 bridgehead atoms. The summed E-state index contributed by atoms with van der Waals surface area (Å²) in [5.41, 5.74) is 1.33. The average Bonchev–Trinajstić information content (AvgIpc) is 3.67. The number of hydrogen-bond acceptors (Lipinski definition) is 17. The van der Waals surface area contributed by atoms with Gasteiger partial charge in [-0.3, -0.25) is 19.4 Å². The van der Waals surface area contributed by atoms with Gasteiger partial charge in [-0.25, -0.2) is 4.79 Å². The maximum atomic E-state index is 15.3. The largest absolute Gasteiger partial charge is 0.508 e. The molecule has 17 nitrogen and oxygen atoms in total. The number of ether oxygens (including phenoxy) is 6. The van der Waals surface area contributed by atoms with E-state index in [-0.39, 0.29) is 70.2 Å². The highest BCUT2D eigenvalue weighted by molar-refractivity contribution is 8.13. The normalized spacial score (nSPS) is 30.8. The molecule has 11 atom stereocenters. The first-order chi connectivity index (χ1) is 32.1. The fourth-order valence-corrected chi connectivity index (χ4v) is 10.5. The molecule has 1 aromatic carbocycles. The van der Waals surface area contributed by atoms with Crippen LogP contribution in [0.15, 0.2) is 65.4 Å². The van der Waals surface area contributed by atoms with Crippen LogP contribution in [-0.2, 0) is 38.0 Å². The van der Waals surface area contributed by atoms with Crippen molar-refractivity contribution in [2.45, 2.75) is 113 Å². The van der Waals surface area contributed by atoms with Gasteiger partial charge in [0.1, 0.15) is 40.5 Å². The number of thioether (sulfide) groups is 2. The number of hydrogen-bond donors (Lipinski definition) is 6. The summed E-state index contributed by atoms with van der Waals surface area (Å²) in [5.74, 6) is 10.7. The lowest BCUT2D eigenvalue weighted by Crippen LogP contribution is -2.68. The number of carbonyl (C=O) groups excluding carboxylic acids is 4. The first-order valence-corrected chi connectivity index (χ1v) is 23.9. The summed E-state index contributed by atoms with van der Waals surface area (Å²) in [6.07, 6.45) is -3.76. The molecule has 4 aliphatic rings. The van der Waals surface area contributed by atoms with Gasteiger partial charge in [0.15, 0.2) is 23.5 Å². The predicted molar refractivity (Wildman–Crippen MR) is 251 cm³/mol. The van der Waals surface area contributed by atoms with E-state index in [4.69, 9.17) is 28.4 Å². The molecule has 7 rings (SSSR count). The Balaban J connectivity index is 1.35. The maximum Gasteiger partial charge on any atom is 0.407 e. The van der Waals surface area contributed by atoms with Crippen molar-refractivity contribution in [2.24, 2.45) is 0 Å². The lowest BCUT2D eigenvalue weighted by Gasteiger charge is -2.51. The SMILES string of the molecule is COC(=O)NC1C(=O)C[C@H](O)/C(=C/CSC(C)=O)C2=C1C#C/C=C\C#C[C@@H]2OC1OC(C)C(SC)(C(=O)c2nccc3c2[nH]c2ccc(O)cc23)C(O)C1OC1CC(OC)C(NC(C)C)CO1. The number of nitrogens with zero attached hydrogens (tertiary/aromatic N) is 1. The summed E-state index contributed by atoms with van der Waals surface area (Å²) in [6.45, 7) is 7.20. The van der Waals surface area contributed by atoms with E-state index in [1.807, 2.05) is 13.8 Å². The van der Waals surface area contributed by atoms with Gasteiger partial charge in [0.2, 0.25) is 5.78 Å². The van der Waals surface area contributed by atoms with Gasteiger partial charge in [0, 0.05) is 72.3 Å². The van der Waals surface area contributed by atoms with Gasteiger partial charge in [-0.1, -0.05) is 55.4 Å². The van der Waals surface area contributed by atoms with Gasteiger partial charge in [-0.2, -0.15) is 0 Å². The lowest BCUT2D eigenvalue weighted by molar-refractivity contribution is -0.322. The summed E-state index contributed by atoms with van der Waals surface area (Å²) >= 11 is 2.01. The Bertz CT molecular complexity index is 2620. The number of aromatic hydroxyl groups is 1. The third kappa shape index (κ3) is 10.4. The van der Waals surface area contributed by atoms with Crippen LogP contribution in [0.3, 0.4) is 0 Å². The second-order valence-corrected chi connectivity index (χ2v) is 18.9. The van der Waals surface area contributed by atoms with Gasteiger partial charge in [0.05, 0.1) is 43.6 Å². The van der Waals surface area contributed by atoms with Crippen LogP contribution in [0.25, 0.3) is 21.8 Å². The number of alkyl carbamates (subject to hydrolysis) is 1. The molecule has 6 N–H and O–H groups in total. The molecule has 2 aliphatic carbocycles. The third-order valence-electron chi connectivity index (χ3n) is 12.1. The molecule has 67 heavy (non-hydrogen) atoms. The van der Waals surface area contributed by atoms with Crippen molar-refractivity contribution in [3.63, 3.8) is 0 Å². The highest BCUT2D eigenvalue weighted by Crippen LogP contribution is 2.46. The van der Waals surface area contributed by atoms with Crippen molar-refractivity contribution >= 4 is 68.1 Å². The van der Waals surface area contributed by atoms with Gasteiger partial charge in [-0.05, 0) is 55.2 Å². The molecule has 0 radical (unpaired) electrons. The van der Waals surface area contributed by atoms with E-state index in [9.17, 15) is 29.7 Å². The number of H-pyrrole nitrogens is 1. The minimum atomic E-state index is -1.81. The summed E-state index contributed by atoms with van der Waals surface area (Å²) < 4.78 is 35.5. The van der Waals surface area contributed by atoms with Crippen molar-refractivity contribution in [3.05, 3.63) is 71.1 Å². The van der Waals surface area contributed by atoms with Crippen LogP contribution in [0.5, 0.6) is 5.75 Å². The van der Waals surface area contributed by atoms with E-state index in [0.29, 0.717) is 21.8 Å². The molecule has 2 aliphatic heterocycles. The second-order valence-electron chi connectivity index (χ2n) is 16.6.